The molecule has 2 amide bonds. The Morgan fingerprint density at radius 1 is 0.929 bits per heavy atom. The van der Waals surface area contributed by atoms with Gasteiger partial charge in [0.1, 0.15) is 0 Å². The van der Waals surface area contributed by atoms with E-state index in [9.17, 15) is 14.4 Å². The molecule has 1 aliphatic rings. The quantitative estimate of drug-likeness (QED) is 0.569. The van der Waals surface area contributed by atoms with Gasteiger partial charge < -0.3 is 4.74 Å². The molecular formula is C23H25NO4. The molecule has 146 valence electrons. The van der Waals surface area contributed by atoms with E-state index in [1.807, 2.05) is 45.9 Å². The van der Waals surface area contributed by atoms with Gasteiger partial charge in [0.15, 0.2) is 0 Å². The number of anilines is 1. The summed E-state index contributed by atoms with van der Waals surface area (Å²) in [6.45, 7) is 8.18. The Labute approximate surface area is 165 Å². The third-order valence-corrected chi connectivity index (χ3v) is 5.13. The van der Waals surface area contributed by atoms with E-state index < -0.39 is 5.97 Å². The standard InChI is InChI=1S/C23H25NO4/c1-13(2)16-9-7-10-17(14(3)4)21(16)24-22(26)18-11-6-8-15(12-19(25)28-5)20(18)23(24)27/h6-11,13-14H,12H2,1-5H3. The molecule has 2 aromatic rings. The van der Waals surface area contributed by atoms with Gasteiger partial charge in [-0.2, -0.15) is 0 Å². The van der Waals surface area contributed by atoms with Crippen LogP contribution < -0.4 is 4.90 Å². The first-order valence-corrected chi connectivity index (χ1v) is 9.48. The molecular weight excluding hydrogens is 354 g/mol. The number of para-hydroxylation sites is 1. The van der Waals surface area contributed by atoms with Crippen LogP contribution in [0.2, 0.25) is 0 Å². The molecule has 28 heavy (non-hydrogen) atoms. The average molecular weight is 379 g/mol. The van der Waals surface area contributed by atoms with Gasteiger partial charge in [0, 0.05) is 0 Å². The number of carbonyl (C=O) groups excluding carboxylic acids is 3. The van der Waals surface area contributed by atoms with Gasteiger partial charge in [-0.3, -0.25) is 14.4 Å². The summed E-state index contributed by atoms with van der Waals surface area (Å²) in [7, 11) is 1.30. The van der Waals surface area contributed by atoms with Crippen molar-refractivity contribution in [3.63, 3.8) is 0 Å². The van der Waals surface area contributed by atoms with E-state index >= 15 is 0 Å². The number of imide groups is 1. The molecule has 2 aromatic carbocycles. The second-order valence-corrected chi connectivity index (χ2v) is 7.63. The number of rotatable bonds is 5. The first-order valence-electron chi connectivity index (χ1n) is 9.48. The van der Waals surface area contributed by atoms with Crippen molar-refractivity contribution in [1.29, 1.82) is 0 Å². The molecule has 3 rings (SSSR count). The maximum atomic E-state index is 13.4. The van der Waals surface area contributed by atoms with Crippen molar-refractivity contribution < 1.29 is 19.1 Å². The molecule has 0 saturated carbocycles. The third-order valence-electron chi connectivity index (χ3n) is 5.13. The number of nitrogens with zero attached hydrogens (tertiary/aromatic N) is 1. The number of esters is 1. The smallest absolute Gasteiger partial charge is 0.310 e. The first-order chi connectivity index (χ1) is 13.3. The minimum atomic E-state index is -0.447. The number of amides is 2. The number of hydrogen-bond donors (Lipinski definition) is 0. The molecule has 1 aliphatic heterocycles. The maximum Gasteiger partial charge on any atom is 0.310 e. The number of benzene rings is 2. The lowest BCUT2D eigenvalue weighted by molar-refractivity contribution is -0.139. The average Bonchev–Trinajstić information content (AvgIpc) is 2.92. The molecule has 0 atom stereocenters. The lowest BCUT2D eigenvalue weighted by Crippen LogP contribution is -2.32. The van der Waals surface area contributed by atoms with Crippen LogP contribution in [0.3, 0.4) is 0 Å². The van der Waals surface area contributed by atoms with Gasteiger partial charge in [-0.25, -0.2) is 4.90 Å². The SMILES string of the molecule is COC(=O)Cc1cccc2c1C(=O)N(c1c(C(C)C)cccc1C(C)C)C2=O. The molecule has 0 saturated heterocycles. The van der Waals surface area contributed by atoms with Crippen LogP contribution in [0.5, 0.6) is 0 Å². The molecule has 1 heterocycles. The zero-order valence-corrected chi connectivity index (χ0v) is 16.9. The highest BCUT2D eigenvalue weighted by molar-refractivity contribution is 6.35. The van der Waals surface area contributed by atoms with Crippen molar-refractivity contribution in [3.8, 4) is 0 Å². The summed E-state index contributed by atoms with van der Waals surface area (Å²) in [5, 5.41) is 0. The molecule has 0 radical (unpaired) electrons. The molecule has 5 heteroatoms. The summed E-state index contributed by atoms with van der Waals surface area (Å²) >= 11 is 0. The van der Waals surface area contributed by atoms with Crippen molar-refractivity contribution >= 4 is 23.5 Å². The van der Waals surface area contributed by atoms with E-state index in [1.165, 1.54) is 12.0 Å². The molecule has 5 nitrogen and oxygen atoms in total. The second-order valence-electron chi connectivity index (χ2n) is 7.63. The predicted molar refractivity (Wildman–Crippen MR) is 108 cm³/mol. The summed E-state index contributed by atoms with van der Waals surface area (Å²) in [6, 6.07) is 10.9. The van der Waals surface area contributed by atoms with E-state index in [0.717, 1.165) is 11.1 Å². The normalized spacial score (nSPS) is 13.5. The van der Waals surface area contributed by atoms with Gasteiger partial charge in [-0.15, -0.1) is 0 Å². The van der Waals surface area contributed by atoms with Gasteiger partial charge in [-0.05, 0) is 34.6 Å². The van der Waals surface area contributed by atoms with Crippen LogP contribution in [0.1, 0.15) is 76.9 Å². The number of fused-ring (bicyclic) bond motifs is 1. The van der Waals surface area contributed by atoms with Crippen LogP contribution in [0, 0.1) is 0 Å². The molecule has 0 aliphatic carbocycles. The van der Waals surface area contributed by atoms with Crippen LogP contribution in [0.4, 0.5) is 5.69 Å². The number of carbonyl (C=O) groups is 3. The lowest BCUT2D eigenvalue weighted by Gasteiger charge is -2.25. The largest absolute Gasteiger partial charge is 0.469 e. The predicted octanol–water partition coefficient (Wildman–Crippen LogP) is 4.45. The van der Waals surface area contributed by atoms with E-state index in [2.05, 4.69) is 0 Å². The van der Waals surface area contributed by atoms with E-state index in [-0.39, 0.29) is 30.1 Å². The third kappa shape index (κ3) is 3.21. The molecule has 0 unspecified atom stereocenters. The van der Waals surface area contributed by atoms with Gasteiger partial charge in [0.05, 0.1) is 30.3 Å². The highest BCUT2D eigenvalue weighted by Gasteiger charge is 2.40. The summed E-state index contributed by atoms with van der Waals surface area (Å²) in [5.41, 5.74) is 3.72. The number of methoxy groups -OCH3 is 1. The van der Waals surface area contributed by atoms with Crippen LogP contribution in [0.15, 0.2) is 36.4 Å². The highest BCUT2D eigenvalue weighted by Crippen LogP contribution is 2.40. The minimum Gasteiger partial charge on any atom is -0.469 e. The van der Waals surface area contributed by atoms with Crippen molar-refractivity contribution in [2.45, 2.75) is 46.0 Å². The number of hydrogen-bond acceptors (Lipinski definition) is 4. The van der Waals surface area contributed by atoms with E-state index in [4.69, 9.17) is 4.74 Å². The molecule has 0 aromatic heterocycles. The molecule has 0 fully saturated rings. The Morgan fingerprint density at radius 2 is 1.50 bits per heavy atom. The first kappa shape index (κ1) is 19.8. The molecule has 0 N–H and O–H groups in total. The van der Waals surface area contributed by atoms with Crippen molar-refractivity contribution in [3.05, 3.63) is 64.2 Å². The Balaban J connectivity index is 2.19. The monoisotopic (exact) mass is 379 g/mol. The van der Waals surface area contributed by atoms with E-state index in [0.29, 0.717) is 22.4 Å². The van der Waals surface area contributed by atoms with E-state index in [1.54, 1.807) is 18.2 Å². The lowest BCUT2D eigenvalue weighted by atomic mass is 9.92. The summed E-state index contributed by atoms with van der Waals surface area (Å²) in [5.74, 6) is -0.881. The maximum absolute atomic E-state index is 13.4. The molecule has 0 spiro atoms. The van der Waals surface area contributed by atoms with Crippen LogP contribution in [-0.2, 0) is 16.0 Å². The zero-order valence-electron chi connectivity index (χ0n) is 16.9. The van der Waals surface area contributed by atoms with Gasteiger partial charge in [-0.1, -0.05) is 58.0 Å². The fourth-order valence-corrected chi connectivity index (χ4v) is 3.70. The Kier molecular flexibility index (Phi) is 5.36. The van der Waals surface area contributed by atoms with Crippen molar-refractivity contribution in [2.24, 2.45) is 0 Å². The zero-order chi connectivity index (χ0) is 20.6. The van der Waals surface area contributed by atoms with Crippen LogP contribution >= 0.6 is 0 Å². The Bertz CT molecular complexity index is 933. The Morgan fingerprint density at radius 3 is 2.04 bits per heavy atom. The van der Waals surface area contributed by atoms with Gasteiger partial charge >= 0.3 is 5.97 Å². The number of ether oxygens (including phenoxy) is 1. The Hall–Kier alpha value is -2.95. The van der Waals surface area contributed by atoms with Gasteiger partial charge in [0.25, 0.3) is 11.8 Å². The minimum absolute atomic E-state index is 0.0462. The summed E-state index contributed by atoms with van der Waals surface area (Å²) < 4.78 is 4.74. The summed E-state index contributed by atoms with van der Waals surface area (Å²) in [4.78, 5) is 39.7. The summed E-state index contributed by atoms with van der Waals surface area (Å²) in [6.07, 6.45) is -0.0462. The molecule has 0 bridgehead atoms. The highest BCUT2D eigenvalue weighted by atomic mass is 16.5. The topological polar surface area (TPSA) is 63.7 Å². The van der Waals surface area contributed by atoms with Crippen molar-refractivity contribution in [1.82, 2.24) is 0 Å². The van der Waals surface area contributed by atoms with Crippen LogP contribution in [0.25, 0.3) is 0 Å². The fourth-order valence-electron chi connectivity index (χ4n) is 3.70. The van der Waals surface area contributed by atoms with Crippen LogP contribution in [-0.4, -0.2) is 24.9 Å². The second kappa shape index (κ2) is 7.58. The van der Waals surface area contributed by atoms with Gasteiger partial charge in [0.2, 0.25) is 0 Å². The van der Waals surface area contributed by atoms with Crippen molar-refractivity contribution in [2.75, 3.05) is 12.0 Å². The fraction of sp³-hybridized carbons (Fsp3) is 0.348.